The molecule has 2 amide bonds. The van der Waals surface area contributed by atoms with E-state index in [1.165, 1.54) is 23.5 Å². The number of hydrogen-bond acceptors (Lipinski definition) is 5. The van der Waals surface area contributed by atoms with Crippen LogP contribution in [0.25, 0.3) is 6.08 Å². The topological polar surface area (TPSA) is 92.3 Å². The van der Waals surface area contributed by atoms with Crippen molar-refractivity contribution < 1.29 is 18.0 Å². The zero-order valence-electron chi connectivity index (χ0n) is 18.7. The minimum absolute atomic E-state index is 0.134. The quantitative estimate of drug-likeness (QED) is 0.463. The van der Waals surface area contributed by atoms with E-state index in [1.54, 1.807) is 30.3 Å². The number of thiophene rings is 1. The van der Waals surface area contributed by atoms with Crippen molar-refractivity contribution in [1.29, 1.82) is 0 Å². The van der Waals surface area contributed by atoms with Gasteiger partial charge >= 0.3 is 0 Å². The predicted octanol–water partition coefficient (Wildman–Crippen LogP) is 4.50. The lowest BCUT2D eigenvalue weighted by Crippen LogP contribution is -2.36. The van der Waals surface area contributed by atoms with Gasteiger partial charge in [0.1, 0.15) is 5.70 Å². The molecule has 33 heavy (non-hydrogen) atoms. The van der Waals surface area contributed by atoms with E-state index in [1.807, 2.05) is 43.5 Å². The Balaban J connectivity index is 1.83. The average Bonchev–Trinajstić information content (AvgIpc) is 3.30. The Bertz CT molecular complexity index is 1240. The lowest BCUT2D eigenvalue weighted by Gasteiger charge is -2.19. The van der Waals surface area contributed by atoms with Gasteiger partial charge in [-0.3, -0.25) is 9.59 Å². The van der Waals surface area contributed by atoms with Crippen molar-refractivity contribution in [2.24, 2.45) is 0 Å². The zero-order chi connectivity index (χ0) is 24.0. The first-order valence-corrected chi connectivity index (χ1v) is 13.2. The Hall–Kier alpha value is -3.23. The number of nitrogens with one attached hydrogen (secondary N) is 2. The van der Waals surface area contributed by atoms with Crippen LogP contribution in [0.1, 0.15) is 45.7 Å². The maximum Gasteiger partial charge on any atom is 0.268 e. The molecule has 3 aromatic rings. The van der Waals surface area contributed by atoms with E-state index >= 15 is 0 Å². The third-order valence-corrected chi connectivity index (χ3v) is 7.01. The molecule has 6 nitrogen and oxygen atoms in total. The van der Waals surface area contributed by atoms with Gasteiger partial charge in [0.15, 0.2) is 9.84 Å². The molecule has 0 aliphatic heterocycles. The van der Waals surface area contributed by atoms with E-state index < -0.39 is 15.7 Å². The molecule has 0 bridgehead atoms. The maximum atomic E-state index is 13.2. The van der Waals surface area contributed by atoms with Crippen LogP contribution in [-0.2, 0) is 14.6 Å². The molecule has 1 heterocycles. The van der Waals surface area contributed by atoms with Crippen LogP contribution in [0.5, 0.6) is 0 Å². The van der Waals surface area contributed by atoms with Crippen LogP contribution in [0.3, 0.4) is 0 Å². The van der Waals surface area contributed by atoms with Gasteiger partial charge in [0.25, 0.3) is 11.8 Å². The van der Waals surface area contributed by atoms with Crippen LogP contribution in [0.15, 0.2) is 76.6 Å². The summed E-state index contributed by atoms with van der Waals surface area (Å²) in [6.45, 7) is 3.85. The molecule has 1 atom stereocenters. The van der Waals surface area contributed by atoms with Gasteiger partial charge in [-0.25, -0.2) is 8.42 Å². The minimum Gasteiger partial charge on any atom is -0.344 e. The number of rotatable bonds is 8. The Kier molecular flexibility index (Phi) is 7.84. The summed E-state index contributed by atoms with van der Waals surface area (Å²) in [5.74, 6) is -0.804. The Morgan fingerprint density at radius 2 is 1.70 bits per heavy atom. The fourth-order valence-corrected chi connectivity index (χ4v) is 4.47. The fraction of sp³-hybridized carbons (Fsp3) is 0.200. The number of benzene rings is 2. The van der Waals surface area contributed by atoms with Gasteiger partial charge in [0, 0.05) is 16.7 Å². The van der Waals surface area contributed by atoms with Gasteiger partial charge in [-0.05, 0) is 60.7 Å². The molecule has 3 rings (SSSR count). The van der Waals surface area contributed by atoms with Crippen molar-refractivity contribution in [3.8, 4) is 0 Å². The van der Waals surface area contributed by atoms with E-state index in [9.17, 15) is 18.0 Å². The Labute approximate surface area is 198 Å². The second-order valence-electron chi connectivity index (χ2n) is 7.67. The molecule has 0 spiro atoms. The highest BCUT2D eigenvalue weighted by Crippen LogP contribution is 2.20. The molecule has 172 valence electrons. The number of amides is 2. The summed E-state index contributed by atoms with van der Waals surface area (Å²) >= 11 is 1.45. The molecular formula is C25H26N2O4S2. The highest BCUT2D eigenvalue weighted by molar-refractivity contribution is 7.90. The first-order valence-electron chi connectivity index (χ1n) is 10.4. The van der Waals surface area contributed by atoms with Crippen molar-refractivity contribution in [3.63, 3.8) is 0 Å². The van der Waals surface area contributed by atoms with Crippen molar-refractivity contribution in [3.05, 3.63) is 93.3 Å². The third kappa shape index (κ3) is 6.63. The number of hydrogen-bond donors (Lipinski definition) is 2. The zero-order valence-corrected chi connectivity index (χ0v) is 20.3. The summed E-state index contributed by atoms with van der Waals surface area (Å²) in [4.78, 5) is 27.0. The second-order valence-corrected chi connectivity index (χ2v) is 10.7. The van der Waals surface area contributed by atoms with Gasteiger partial charge in [-0.15, -0.1) is 11.3 Å². The molecule has 0 unspecified atom stereocenters. The first kappa shape index (κ1) is 24.4. The highest BCUT2D eigenvalue weighted by atomic mass is 32.2. The van der Waals surface area contributed by atoms with Crippen molar-refractivity contribution in [2.75, 3.05) is 6.26 Å². The van der Waals surface area contributed by atoms with Crippen LogP contribution >= 0.6 is 11.3 Å². The van der Waals surface area contributed by atoms with Crippen LogP contribution in [0.4, 0.5) is 0 Å². The smallest absolute Gasteiger partial charge is 0.268 e. The second kappa shape index (κ2) is 10.6. The fourth-order valence-electron chi connectivity index (χ4n) is 3.18. The third-order valence-electron chi connectivity index (χ3n) is 5.06. The van der Waals surface area contributed by atoms with Gasteiger partial charge in [0.05, 0.1) is 10.9 Å². The number of carbonyl (C=O) groups excluding carboxylic acids is 2. The van der Waals surface area contributed by atoms with E-state index in [0.29, 0.717) is 12.0 Å². The number of sulfone groups is 1. The molecule has 1 aromatic heterocycles. The lowest BCUT2D eigenvalue weighted by atomic mass is 10.0. The molecule has 0 saturated heterocycles. The highest BCUT2D eigenvalue weighted by Gasteiger charge is 2.19. The standard InChI is InChI=1S/C25H26N2O4S2/c1-4-22(18-11-13-21(14-12-18)33(3,30)31)26-25(29)23(16-20-6-5-15-32-20)27-24(28)19-9-7-17(2)8-10-19/h5-16,22H,4H2,1-3H3,(H,26,29)(H,27,28)/b23-16-/t22-/m0/s1. The molecule has 0 fully saturated rings. The van der Waals surface area contributed by atoms with E-state index in [4.69, 9.17) is 0 Å². The SMILES string of the molecule is CC[C@H](NC(=O)/C(=C/c1cccs1)NC(=O)c1ccc(C)cc1)c1ccc(S(C)(=O)=O)cc1. The largest absolute Gasteiger partial charge is 0.344 e. The van der Waals surface area contributed by atoms with Gasteiger partial charge in [0.2, 0.25) is 0 Å². The minimum atomic E-state index is -3.30. The molecule has 2 aromatic carbocycles. The van der Waals surface area contributed by atoms with Crippen LogP contribution in [0.2, 0.25) is 0 Å². The van der Waals surface area contributed by atoms with Crippen molar-refractivity contribution in [1.82, 2.24) is 10.6 Å². The van der Waals surface area contributed by atoms with E-state index in [-0.39, 0.29) is 22.5 Å². The van der Waals surface area contributed by atoms with Gasteiger partial charge < -0.3 is 10.6 Å². The van der Waals surface area contributed by atoms with Gasteiger partial charge in [-0.2, -0.15) is 0 Å². The summed E-state index contributed by atoms with van der Waals surface area (Å²) in [5.41, 5.74) is 2.40. The average molecular weight is 483 g/mol. The molecule has 0 saturated carbocycles. The molecular weight excluding hydrogens is 456 g/mol. The number of aryl methyl sites for hydroxylation is 1. The van der Waals surface area contributed by atoms with Crippen LogP contribution in [0, 0.1) is 6.92 Å². The molecule has 0 aliphatic rings. The summed E-state index contributed by atoms with van der Waals surface area (Å²) in [6, 6.07) is 16.9. The van der Waals surface area contributed by atoms with E-state index in [0.717, 1.165) is 22.3 Å². The molecule has 2 N–H and O–H groups in total. The monoisotopic (exact) mass is 482 g/mol. The number of carbonyl (C=O) groups is 2. The summed E-state index contributed by atoms with van der Waals surface area (Å²) in [7, 11) is -3.30. The lowest BCUT2D eigenvalue weighted by molar-refractivity contribution is -0.118. The molecule has 0 radical (unpaired) electrons. The molecule has 8 heteroatoms. The van der Waals surface area contributed by atoms with Gasteiger partial charge in [-0.1, -0.05) is 42.8 Å². The Morgan fingerprint density at radius 1 is 1.03 bits per heavy atom. The predicted molar refractivity (Wildman–Crippen MR) is 132 cm³/mol. The maximum absolute atomic E-state index is 13.2. The molecule has 0 aliphatic carbocycles. The van der Waals surface area contributed by atoms with Crippen molar-refractivity contribution >= 4 is 39.1 Å². The normalized spacial score (nSPS) is 12.8. The van der Waals surface area contributed by atoms with Crippen molar-refractivity contribution in [2.45, 2.75) is 31.2 Å². The van der Waals surface area contributed by atoms with Crippen LogP contribution < -0.4 is 10.6 Å². The van der Waals surface area contributed by atoms with Crippen LogP contribution in [-0.4, -0.2) is 26.5 Å². The summed E-state index contributed by atoms with van der Waals surface area (Å²) in [5, 5.41) is 7.58. The van der Waals surface area contributed by atoms with E-state index in [2.05, 4.69) is 10.6 Å². The summed E-state index contributed by atoms with van der Waals surface area (Å²) in [6.07, 6.45) is 3.38. The first-order chi connectivity index (χ1) is 15.7. The Morgan fingerprint density at radius 3 is 2.24 bits per heavy atom. The summed E-state index contributed by atoms with van der Waals surface area (Å²) < 4.78 is 23.4.